The highest BCUT2D eigenvalue weighted by atomic mass is 15.3. The molecule has 20 heavy (non-hydrogen) atoms. The predicted octanol–water partition coefficient (Wildman–Crippen LogP) is 2.20. The number of aromatic nitrogens is 2. The van der Waals surface area contributed by atoms with E-state index in [4.69, 9.17) is 5.84 Å². The average molecular weight is 275 g/mol. The van der Waals surface area contributed by atoms with Gasteiger partial charge in [0.1, 0.15) is 18.0 Å². The van der Waals surface area contributed by atoms with E-state index in [0.717, 1.165) is 47.9 Å². The minimum absolute atomic E-state index is 0.747. The summed E-state index contributed by atoms with van der Waals surface area (Å²) in [6.07, 6.45) is 8.24. The van der Waals surface area contributed by atoms with E-state index in [1.165, 1.54) is 25.7 Å². The van der Waals surface area contributed by atoms with Crippen molar-refractivity contribution in [1.82, 2.24) is 9.97 Å². The molecular formula is C15H25N5. The van der Waals surface area contributed by atoms with Crippen LogP contribution in [0.3, 0.4) is 0 Å². The highest BCUT2D eigenvalue weighted by Gasteiger charge is 2.39. The van der Waals surface area contributed by atoms with E-state index in [2.05, 4.69) is 34.3 Å². The fourth-order valence-corrected chi connectivity index (χ4v) is 4.22. The maximum absolute atomic E-state index is 5.55. The minimum Gasteiger partial charge on any atom is -0.359 e. The van der Waals surface area contributed by atoms with E-state index in [0.29, 0.717) is 0 Å². The van der Waals surface area contributed by atoms with Gasteiger partial charge < -0.3 is 10.3 Å². The first-order valence-corrected chi connectivity index (χ1v) is 7.74. The Bertz CT molecular complexity index is 475. The molecule has 0 radical (unpaired) electrons. The van der Waals surface area contributed by atoms with E-state index in [9.17, 15) is 0 Å². The molecule has 0 spiro atoms. The molecule has 2 aliphatic rings. The van der Waals surface area contributed by atoms with Crippen molar-refractivity contribution in [2.24, 2.45) is 23.6 Å². The lowest BCUT2D eigenvalue weighted by Crippen LogP contribution is -2.30. The van der Waals surface area contributed by atoms with E-state index in [-0.39, 0.29) is 0 Å². The van der Waals surface area contributed by atoms with Crippen molar-refractivity contribution in [3.8, 4) is 0 Å². The number of nitrogens with two attached hydrogens (primary N) is 1. The molecule has 5 heteroatoms. The van der Waals surface area contributed by atoms with Crippen LogP contribution in [-0.4, -0.2) is 23.6 Å². The van der Waals surface area contributed by atoms with Gasteiger partial charge in [-0.15, -0.1) is 0 Å². The van der Waals surface area contributed by atoms with Gasteiger partial charge >= 0.3 is 0 Å². The fraction of sp³-hybridized carbons (Fsp3) is 0.733. The lowest BCUT2D eigenvalue weighted by molar-refractivity contribution is 0.337. The van der Waals surface area contributed by atoms with E-state index in [1.54, 1.807) is 6.33 Å². The largest absolute Gasteiger partial charge is 0.359 e. The number of nitrogen functional groups attached to an aromatic ring is 1. The molecule has 3 N–H and O–H groups in total. The number of hydrazine groups is 1. The quantitative estimate of drug-likeness (QED) is 0.637. The fourth-order valence-electron chi connectivity index (χ4n) is 4.22. The lowest BCUT2D eigenvalue weighted by atomic mass is 9.88. The predicted molar refractivity (Wildman–Crippen MR) is 81.4 cm³/mol. The van der Waals surface area contributed by atoms with Gasteiger partial charge in [0.05, 0.1) is 0 Å². The normalized spacial score (nSPS) is 27.9. The second-order valence-corrected chi connectivity index (χ2v) is 6.34. The summed E-state index contributed by atoms with van der Waals surface area (Å²) in [6.45, 7) is 3.23. The van der Waals surface area contributed by atoms with Gasteiger partial charge in [-0.1, -0.05) is 13.3 Å². The monoisotopic (exact) mass is 275 g/mol. The number of hydrogen-bond donors (Lipinski definition) is 2. The van der Waals surface area contributed by atoms with Gasteiger partial charge in [0.2, 0.25) is 0 Å². The zero-order valence-electron chi connectivity index (χ0n) is 12.5. The Hall–Kier alpha value is -1.36. The molecule has 110 valence electrons. The molecule has 3 atom stereocenters. The molecule has 2 aliphatic carbocycles. The molecule has 1 heterocycles. The maximum Gasteiger partial charge on any atom is 0.148 e. The van der Waals surface area contributed by atoms with Crippen LogP contribution in [0.25, 0.3) is 0 Å². The van der Waals surface area contributed by atoms with Crippen LogP contribution in [0.5, 0.6) is 0 Å². The Kier molecular flexibility index (Phi) is 3.78. The van der Waals surface area contributed by atoms with Crippen molar-refractivity contribution in [3.63, 3.8) is 0 Å². The first-order valence-electron chi connectivity index (χ1n) is 7.74. The molecule has 3 unspecified atom stereocenters. The van der Waals surface area contributed by atoms with Gasteiger partial charge in [-0.3, -0.25) is 0 Å². The first kappa shape index (κ1) is 13.6. The summed E-state index contributed by atoms with van der Waals surface area (Å²) in [5, 5.41) is 0. The summed E-state index contributed by atoms with van der Waals surface area (Å²) in [7, 11) is 2.15. The third-order valence-corrected chi connectivity index (χ3v) is 5.17. The molecule has 1 aromatic rings. The van der Waals surface area contributed by atoms with Crippen LogP contribution in [0.15, 0.2) is 6.33 Å². The van der Waals surface area contributed by atoms with Gasteiger partial charge in [0.15, 0.2) is 0 Å². The lowest BCUT2D eigenvalue weighted by Gasteiger charge is -2.29. The third kappa shape index (κ3) is 2.35. The number of hydrogen-bond acceptors (Lipinski definition) is 5. The van der Waals surface area contributed by atoms with Crippen molar-refractivity contribution >= 4 is 11.6 Å². The van der Waals surface area contributed by atoms with Crippen LogP contribution in [0.2, 0.25) is 0 Å². The van der Waals surface area contributed by atoms with Crippen LogP contribution < -0.4 is 16.2 Å². The second kappa shape index (κ2) is 5.56. The number of rotatable bonds is 5. The maximum atomic E-state index is 5.55. The van der Waals surface area contributed by atoms with Crippen molar-refractivity contribution in [1.29, 1.82) is 0 Å². The third-order valence-electron chi connectivity index (χ3n) is 5.17. The molecule has 3 rings (SSSR count). The number of nitrogens with one attached hydrogen (secondary N) is 1. The Labute approximate surface area is 120 Å². The molecule has 0 saturated heterocycles. The topological polar surface area (TPSA) is 67.1 Å². The van der Waals surface area contributed by atoms with Crippen molar-refractivity contribution in [2.45, 2.75) is 39.0 Å². The molecule has 0 aliphatic heterocycles. The zero-order valence-corrected chi connectivity index (χ0v) is 12.5. The SMILES string of the molecule is CCc1c(NN)ncnc1N(C)CC1CC2CCC1C2. The first-order chi connectivity index (χ1) is 9.72. The highest BCUT2D eigenvalue weighted by Crippen LogP contribution is 2.48. The molecule has 2 saturated carbocycles. The standard InChI is InChI=1S/C15H25N5/c1-3-13-14(19-16)17-9-18-15(13)20(2)8-12-7-10-4-5-11(12)6-10/h9-12H,3-8,16H2,1-2H3,(H,17,18,19). The van der Waals surface area contributed by atoms with E-state index >= 15 is 0 Å². The van der Waals surface area contributed by atoms with Crippen LogP contribution in [0.1, 0.15) is 38.2 Å². The summed E-state index contributed by atoms with van der Waals surface area (Å²) in [5.41, 5.74) is 3.80. The molecule has 5 nitrogen and oxygen atoms in total. The number of anilines is 2. The zero-order chi connectivity index (χ0) is 14.1. The van der Waals surface area contributed by atoms with Gasteiger partial charge in [-0.2, -0.15) is 0 Å². The molecule has 2 fully saturated rings. The Balaban J connectivity index is 1.75. The van der Waals surface area contributed by atoms with Crippen LogP contribution >= 0.6 is 0 Å². The van der Waals surface area contributed by atoms with E-state index < -0.39 is 0 Å². The van der Waals surface area contributed by atoms with Crippen molar-refractivity contribution in [3.05, 3.63) is 11.9 Å². The van der Waals surface area contributed by atoms with Gasteiger partial charge in [-0.25, -0.2) is 15.8 Å². The van der Waals surface area contributed by atoms with Crippen molar-refractivity contribution < 1.29 is 0 Å². The second-order valence-electron chi connectivity index (χ2n) is 6.34. The Morgan fingerprint density at radius 3 is 2.80 bits per heavy atom. The van der Waals surface area contributed by atoms with Gasteiger partial charge in [-0.05, 0) is 43.4 Å². The van der Waals surface area contributed by atoms with Gasteiger partial charge in [0, 0.05) is 19.2 Å². The van der Waals surface area contributed by atoms with Crippen molar-refractivity contribution in [2.75, 3.05) is 23.9 Å². The summed E-state index contributed by atoms with van der Waals surface area (Å²) < 4.78 is 0. The molecule has 0 aromatic carbocycles. The minimum atomic E-state index is 0.747. The summed E-state index contributed by atoms with van der Waals surface area (Å²) in [5.74, 6) is 10.1. The highest BCUT2D eigenvalue weighted by molar-refractivity contribution is 5.58. The molecule has 1 aromatic heterocycles. The van der Waals surface area contributed by atoms with Crippen LogP contribution in [-0.2, 0) is 6.42 Å². The van der Waals surface area contributed by atoms with E-state index in [1.807, 2.05) is 0 Å². The van der Waals surface area contributed by atoms with Crippen LogP contribution in [0.4, 0.5) is 11.6 Å². The molecule has 2 bridgehead atoms. The summed E-state index contributed by atoms with van der Waals surface area (Å²) in [4.78, 5) is 11.0. The number of fused-ring (bicyclic) bond motifs is 2. The Morgan fingerprint density at radius 1 is 1.35 bits per heavy atom. The molecule has 0 amide bonds. The average Bonchev–Trinajstić information content (AvgIpc) is 3.08. The van der Waals surface area contributed by atoms with Gasteiger partial charge in [0.25, 0.3) is 0 Å². The van der Waals surface area contributed by atoms with Crippen LogP contribution in [0, 0.1) is 17.8 Å². The molecular weight excluding hydrogens is 250 g/mol. The Morgan fingerprint density at radius 2 is 2.20 bits per heavy atom. The summed E-state index contributed by atoms with van der Waals surface area (Å²) >= 11 is 0. The smallest absolute Gasteiger partial charge is 0.148 e. The number of nitrogens with zero attached hydrogens (tertiary/aromatic N) is 3. The summed E-state index contributed by atoms with van der Waals surface area (Å²) in [6, 6.07) is 0.